The van der Waals surface area contributed by atoms with Crippen molar-refractivity contribution in [1.29, 1.82) is 0 Å². The van der Waals surface area contributed by atoms with Crippen LogP contribution in [0.1, 0.15) is 30.0 Å². The number of hydrogen-bond acceptors (Lipinski definition) is 5. The zero-order chi connectivity index (χ0) is 19.9. The van der Waals surface area contributed by atoms with Crippen LogP contribution in [-0.4, -0.2) is 38.8 Å². The SMILES string of the molecule is O=C(C=Cc1ccccc1)N1CCCC(c2cnc(Nc3ccccn3)cn2)C1. The van der Waals surface area contributed by atoms with Crippen LogP contribution in [0.15, 0.2) is 73.2 Å². The second-order valence-electron chi connectivity index (χ2n) is 7.03. The minimum atomic E-state index is 0.0416. The molecule has 1 aliphatic rings. The summed E-state index contributed by atoms with van der Waals surface area (Å²) in [5, 5.41) is 3.13. The number of nitrogens with one attached hydrogen (secondary N) is 1. The van der Waals surface area contributed by atoms with Crippen LogP contribution in [0.5, 0.6) is 0 Å². The average Bonchev–Trinajstić information content (AvgIpc) is 2.79. The normalized spacial score (nSPS) is 16.7. The Labute approximate surface area is 170 Å². The summed E-state index contributed by atoms with van der Waals surface area (Å²) < 4.78 is 0. The van der Waals surface area contributed by atoms with Gasteiger partial charge in [-0.05, 0) is 36.6 Å². The summed E-state index contributed by atoms with van der Waals surface area (Å²) in [4.78, 5) is 27.8. The fourth-order valence-corrected chi connectivity index (χ4v) is 3.44. The lowest BCUT2D eigenvalue weighted by Gasteiger charge is -2.31. The Morgan fingerprint density at radius 1 is 1.00 bits per heavy atom. The molecule has 1 aliphatic heterocycles. The molecule has 1 aromatic carbocycles. The van der Waals surface area contributed by atoms with Crippen LogP contribution in [0, 0.1) is 0 Å². The number of nitrogens with zero attached hydrogens (tertiary/aromatic N) is 4. The van der Waals surface area contributed by atoms with Gasteiger partial charge in [-0.15, -0.1) is 0 Å². The molecule has 0 aliphatic carbocycles. The summed E-state index contributed by atoms with van der Waals surface area (Å²) in [6.45, 7) is 1.45. The molecule has 1 fully saturated rings. The molecule has 2 aromatic heterocycles. The van der Waals surface area contributed by atoms with E-state index in [1.807, 2.05) is 59.5 Å². The summed E-state index contributed by atoms with van der Waals surface area (Å²) in [5.74, 6) is 1.63. The first-order valence-corrected chi connectivity index (χ1v) is 9.80. The molecule has 1 N–H and O–H groups in total. The molecule has 6 heteroatoms. The van der Waals surface area contributed by atoms with Crippen molar-refractivity contribution in [1.82, 2.24) is 19.9 Å². The fourth-order valence-electron chi connectivity index (χ4n) is 3.44. The maximum atomic E-state index is 12.6. The van der Waals surface area contributed by atoms with Crippen LogP contribution < -0.4 is 5.32 Å². The zero-order valence-corrected chi connectivity index (χ0v) is 16.1. The van der Waals surface area contributed by atoms with E-state index in [0.717, 1.165) is 36.5 Å². The van der Waals surface area contributed by atoms with E-state index in [1.54, 1.807) is 24.7 Å². The Bertz CT molecular complexity index is 958. The van der Waals surface area contributed by atoms with Gasteiger partial charge in [0.2, 0.25) is 5.91 Å². The fraction of sp³-hybridized carbons (Fsp3) is 0.217. The second-order valence-corrected chi connectivity index (χ2v) is 7.03. The Morgan fingerprint density at radius 2 is 1.86 bits per heavy atom. The standard InChI is InChI=1S/C23H23N5O/c29-23(12-11-18-7-2-1-3-8-18)28-14-6-9-19(17-28)20-15-26-22(16-25-20)27-21-10-4-5-13-24-21/h1-5,7-8,10-13,15-16,19H,6,9,14,17H2,(H,24,26,27). The molecule has 0 bridgehead atoms. The summed E-state index contributed by atoms with van der Waals surface area (Å²) in [6, 6.07) is 15.5. The third-order valence-electron chi connectivity index (χ3n) is 4.96. The van der Waals surface area contributed by atoms with Crippen molar-refractivity contribution in [2.75, 3.05) is 18.4 Å². The highest BCUT2D eigenvalue weighted by molar-refractivity contribution is 5.91. The number of anilines is 2. The first-order chi connectivity index (χ1) is 14.3. The molecule has 1 amide bonds. The molecule has 6 nitrogen and oxygen atoms in total. The minimum absolute atomic E-state index is 0.0416. The van der Waals surface area contributed by atoms with Gasteiger partial charge >= 0.3 is 0 Å². The third-order valence-corrected chi connectivity index (χ3v) is 4.96. The highest BCUT2D eigenvalue weighted by Crippen LogP contribution is 2.26. The first-order valence-electron chi connectivity index (χ1n) is 9.80. The van der Waals surface area contributed by atoms with E-state index in [1.165, 1.54) is 0 Å². The highest BCUT2D eigenvalue weighted by atomic mass is 16.2. The summed E-state index contributed by atoms with van der Waals surface area (Å²) in [7, 11) is 0. The van der Waals surface area contributed by atoms with Crippen LogP contribution >= 0.6 is 0 Å². The number of benzene rings is 1. The van der Waals surface area contributed by atoms with Crippen LogP contribution in [0.25, 0.3) is 6.08 Å². The summed E-state index contributed by atoms with van der Waals surface area (Å²) >= 11 is 0. The molecule has 146 valence electrons. The molecule has 0 saturated carbocycles. The lowest BCUT2D eigenvalue weighted by molar-refractivity contribution is -0.127. The Hall–Kier alpha value is -3.54. The van der Waals surface area contributed by atoms with Gasteiger partial charge in [-0.1, -0.05) is 36.4 Å². The van der Waals surface area contributed by atoms with E-state index in [0.29, 0.717) is 12.4 Å². The highest BCUT2D eigenvalue weighted by Gasteiger charge is 2.24. The molecule has 3 heterocycles. The average molecular weight is 385 g/mol. The van der Waals surface area contributed by atoms with Gasteiger partial charge in [0.15, 0.2) is 0 Å². The first kappa shape index (κ1) is 18.8. The molecule has 0 radical (unpaired) electrons. The molecule has 1 atom stereocenters. The zero-order valence-electron chi connectivity index (χ0n) is 16.1. The van der Waals surface area contributed by atoms with Crippen molar-refractivity contribution in [3.05, 3.63) is 84.5 Å². The number of pyridine rings is 1. The van der Waals surface area contributed by atoms with Gasteiger partial charge in [0.25, 0.3) is 0 Å². The molecule has 1 saturated heterocycles. The third kappa shape index (κ3) is 5.04. The van der Waals surface area contributed by atoms with Crippen LogP contribution in [0.3, 0.4) is 0 Å². The maximum absolute atomic E-state index is 12.6. The minimum Gasteiger partial charge on any atom is -0.338 e. The van der Waals surface area contributed by atoms with E-state index < -0.39 is 0 Å². The molecular formula is C23H23N5O. The summed E-state index contributed by atoms with van der Waals surface area (Å²) in [6.07, 6.45) is 10.7. The summed E-state index contributed by atoms with van der Waals surface area (Å²) in [5.41, 5.74) is 1.94. The van der Waals surface area contributed by atoms with E-state index in [2.05, 4.69) is 20.3 Å². The number of carbonyl (C=O) groups is 1. The van der Waals surface area contributed by atoms with Crippen LogP contribution in [0.4, 0.5) is 11.6 Å². The van der Waals surface area contributed by atoms with Crippen LogP contribution in [0.2, 0.25) is 0 Å². The van der Waals surface area contributed by atoms with E-state index in [4.69, 9.17) is 0 Å². The van der Waals surface area contributed by atoms with E-state index >= 15 is 0 Å². The quantitative estimate of drug-likeness (QED) is 0.671. The molecule has 3 aromatic rings. The maximum Gasteiger partial charge on any atom is 0.246 e. The van der Waals surface area contributed by atoms with Gasteiger partial charge in [-0.25, -0.2) is 9.97 Å². The molecular weight excluding hydrogens is 362 g/mol. The Morgan fingerprint density at radius 3 is 2.62 bits per heavy atom. The van der Waals surface area contributed by atoms with Gasteiger partial charge in [-0.2, -0.15) is 0 Å². The van der Waals surface area contributed by atoms with Crippen LogP contribution in [-0.2, 0) is 4.79 Å². The van der Waals surface area contributed by atoms with Crippen molar-refractivity contribution in [2.45, 2.75) is 18.8 Å². The largest absolute Gasteiger partial charge is 0.338 e. The molecule has 1 unspecified atom stereocenters. The van der Waals surface area contributed by atoms with Crippen molar-refractivity contribution < 1.29 is 4.79 Å². The lowest BCUT2D eigenvalue weighted by atomic mass is 9.95. The number of rotatable bonds is 5. The van der Waals surface area contributed by atoms with Gasteiger partial charge in [0.05, 0.1) is 18.1 Å². The smallest absolute Gasteiger partial charge is 0.246 e. The van der Waals surface area contributed by atoms with E-state index in [-0.39, 0.29) is 11.8 Å². The van der Waals surface area contributed by atoms with Gasteiger partial charge in [0.1, 0.15) is 11.6 Å². The lowest BCUT2D eigenvalue weighted by Crippen LogP contribution is -2.38. The van der Waals surface area contributed by atoms with Gasteiger partial charge < -0.3 is 10.2 Å². The van der Waals surface area contributed by atoms with Crippen molar-refractivity contribution in [3.63, 3.8) is 0 Å². The Kier molecular flexibility index (Phi) is 5.90. The second kappa shape index (κ2) is 9.10. The van der Waals surface area contributed by atoms with Crippen molar-refractivity contribution >= 4 is 23.6 Å². The molecule has 29 heavy (non-hydrogen) atoms. The number of piperidine rings is 1. The van der Waals surface area contributed by atoms with Crippen molar-refractivity contribution in [2.24, 2.45) is 0 Å². The number of carbonyl (C=O) groups excluding carboxylic acids is 1. The van der Waals surface area contributed by atoms with E-state index in [9.17, 15) is 4.79 Å². The number of likely N-dealkylation sites (tertiary alicyclic amines) is 1. The van der Waals surface area contributed by atoms with Crippen molar-refractivity contribution in [3.8, 4) is 0 Å². The van der Waals surface area contributed by atoms with Gasteiger partial charge in [-0.3, -0.25) is 9.78 Å². The number of hydrogen-bond donors (Lipinski definition) is 1. The molecule has 4 rings (SSSR count). The number of aromatic nitrogens is 3. The van der Waals surface area contributed by atoms with Gasteiger partial charge in [0, 0.05) is 31.3 Å². The monoisotopic (exact) mass is 385 g/mol. The molecule has 0 spiro atoms. The number of amides is 1. The Balaban J connectivity index is 1.37. The topological polar surface area (TPSA) is 71.0 Å². The predicted molar refractivity (Wildman–Crippen MR) is 114 cm³/mol. The predicted octanol–water partition coefficient (Wildman–Crippen LogP) is 4.03.